The van der Waals surface area contributed by atoms with Crippen molar-refractivity contribution in [1.29, 1.82) is 0 Å². The minimum absolute atomic E-state index is 0.0844. The van der Waals surface area contributed by atoms with Gasteiger partial charge in [0, 0.05) is 19.6 Å². The van der Waals surface area contributed by atoms with Gasteiger partial charge in [-0.3, -0.25) is 4.79 Å². The average molecular weight is 307 g/mol. The van der Waals surface area contributed by atoms with E-state index in [0.717, 1.165) is 50.9 Å². The second-order valence-corrected chi connectivity index (χ2v) is 6.69. The Morgan fingerprint density at radius 2 is 2.18 bits per heavy atom. The summed E-state index contributed by atoms with van der Waals surface area (Å²) in [6.45, 7) is 5.70. The third kappa shape index (κ3) is 3.32. The van der Waals surface area contributed by atoms with Gasteiger partial charge in [-0.25, -0.2) is 0 Å². The number of rotatable bonds is 4. The minimum Gasteiger partial charge on any atom is -0.368 e. The van der Waals surface area contributed by atoms with Crippen LogP contribution in [0.5, 0.6) is 0 Å². The van der Waals surface area contributed by atoms with Gasteiger partial charge < -0.3 is 14.2 Å². The van der Waals surface area contributed by atoms with E-state index in [1.807, 2.05) is 4.90 Å². The molecule has 3 heterocycles. The quantitative estimate of drug-likeness (QED) is 0.855. The van der Waals surface area contributed by atoms with Crippen LogP contribution in [-0.4, -0.2) is 40.2 Å². The summed E-state index contributed by atoms with van der Waals surface area (Å²) in [7, 11) is 0. The molecule has 1 amide bonds. The van der Waals surface area contributed by atoms with Crippen LogP contribution in [0.15, 0.2) is 4.52 Å². The summed E-state index contributed by atoms with van der Waals surface area (Å²) < 4.78 is 11.0. The molecular weight excluding hydrogens is 282 g/mol. The number of carbonyl (C=O) groups is 1. The number of ether oxygens (including phenoxy) is 1. The number of nitrogens with zero attached hydrogens (tertiary/aromatic N) is 3. The van der Waals surface area contributed by atoms with Gasteiger partial charge in [-0.2, -0.15) is 4.98 Å². The highest BCUT2D eigenvalue weighted by molar-refractivity contribution is 5.81. The molecule has 122 valence electrons. The van der Waals surface area contributed by atoms with Crippen LogP contribution in [0.25, 0.3) is 0 Å². The number of carbonyl (C=O) groups excluding carboxylic acids is 1. The molecule has 0 N–H and O–H groups in total. The smallest absolute Gasteiger partial charge is 0.252 e. The zero-order valence-corrected chi connectivity index (χ0v) is 13.5. The van der Waals surface area contributed by atoms with Crippen molar-refractivity contribution in [2.24, 2.45) is 5.92 Å². The van der Waals surface area contributed by atoms with Crippen molar-refractivity contribution in [3.63, 3.8) is 0 Å². The van der Waals surface area contributed by atoms with Crippen molar-refractivity contribution in [2.45, 2.75) is 64.5 Å². The van der Waals surface area contributed by atoms with E-state index in [4.69, 9.17) is 9.26 Å². The summed E-state index contributed by atoms with van der Waals surface area (Å²) in [5.41, 5.74) is 0. The van der Waals surface area contributed by atoms with E-state index in [0.29, 0.717) is 18.4 Å². The molecule has 2 aliphatic rings. The SMILES string of the molecule is CC(C)Cc1noc(C2CCCCN2C(=O)C2CCCO2)n1. The van der Waals surface area contributed by atoms with Gasteiger partial charge in [-0.05, 0) is 38.0 Å². The fraction of sp³-hybridized carbons (Fsp3) is 0.812. The number of amides is 1. The molecule has 0 saturated carbocycles. The second-order valence-electron chi connectivity index (χ2n) is 6.69. The van der Waals surface area contributed by atoms with Gasteiger partial charge in [0.05, 0.1) is 0 Å². The summed E-state index contributed by atoms with van der Waals surface area (Å²) in [5.74, 6) is 1.90. The highest BCUT2D eigenvalue weighted by Crippen LogP contribution is 2.32. The molecule has 0 bridgehead atoms. The Balaban J connectivity index is 1.74. The van der Waals surface area contributed by atoms with Crippen molar-refractivity contribution >= 4 is 5.91 Å². The van der Waals surface area contributed by atoms with Crippen LogP contribution in [0.2, 0.25) is 0 Å². The fourth-order valence-electron chi connectivity index (χ4n) is 3.26. The molecule has 0 aliphatic carbocycles. The number of hydrogen-bond acceptors (Lipinski definition) is 5. The Morgan fingerprint density at radius 3 is 2.91 bits per heavy atom. The molecule has 2 aliphatic heterocycles. The summed E-state index contributed by atoms with van der Waals surface area (Å²) >= 11 is 0. The van der Waals surface area contributed by atoms with Crippen molar-refractivity contribution in [3.05, 3.63) is 11.7 Å². The van der Waals surface area contributed by atoms with Crippen LogP contribution in [0.1, 0.15) is 63.7 Å². The van der Waals surface area contributed by atoms with Gasteiger partial charge in [-0.15, -0.1) is 0 Å². The highest BCUT2D eigenvalue weighted by Gasteiger charge is 2.36. The summed E-state index contributed by atoms with van der Waals surface area (Å²) in [4.78, 5) is 19.1. The molecule has 2 saturated heterocycles. The summed E-state index contributed by atoms with van der Waals surface area (Å²) in [5, 5.41) is 4.07. The summed E-state index contributed by atoms with van der Waals surface area (Å²) in [6.07, 6.45) is 5.32. The van der Waals surface area contributed by atoms with Gasteiger partial charge in [0.15, 0.2) is 5.82 Å². The Morgan fingerprint density at radius 1 is 1.32 bits per heavy atom. The van der Waals surface area contributed by atoms with Gasteiger partial charge in [0.2, 0.25) is 5.89 Å². The Kier molecular flexibility index (Phi) is 4.76. The normalized spacial score (nSPS) is 25.9. The maximum Gasteiger partial charge on any atom is 0.252 e. The van der Waals surface area contributed by atoms with E-state index in [1.54, 1.807) is 0 Å². The molecule has 6 heteroatoms. The molecule has 2 fully saturated rings. The van der Waals surface area contributed by atoms with Gasteiger partial charge in [0.25, 0.3) is 5.91 Å². The number of likely N-dealkylation sites (tertiary alicyclic amines) is 1. The van der Waals surface area contributed by atoms with E-state index in [2.05, 4.69) is 24.0 Å². The maximum absolute atomic E-state index is 12.7. The van der Waals surface area contributed by atoms with E-state index in [9.17, 15) is 4.79 Å². The molecule has 0 radical (unpaired) electrons. The van der Waals surface area contributed by atoms with Gasteiger partial charge in [0.1, 0.15) is 12.1 Å². The molecule has 22 heavy (non-hydrogen) atoms. The van der Waals surface area contributed by atoms with Crippen molar-refractivity contribution < 1.29 is 14.1 Å². The van der Waals surface area contributed by atoms with Crippen LogP contribution >= 0.6 is 0 Å². The average Bonchev–Trinajstić information content (AvgIpc) is 3.17. The largest absolute Gasteiger partial charge is 0.368 e. The predicted molar refractivity (Wildman–Crippen MR) is 80.1 cm³/mol. The fourth-order valence-corrected chi connectivity index (χ4v) is 3.26. The third-order valence-electron chi connectivity index (χ3n) is 4.35. The van der Waals surface area contributed by atoms with Gasteiger partial charge >= 0.3 is 0 Å². The molecule has 1 aromatic rings. The molecule has 6 nitrogen and oxygen atoms in total. The lowest BCUT2D eigenvalue weighted by molar-refractivity contribution is -0.145. The third-order valence-corrected chi connectivity index (χ3v) is 4.35. The zero-order chi connectivity index (χ0) is 15.5. The lowest BCUT2D eigenvalue weighted by atomic mass is 10.0. The molecule has 3 rings (SSSR count). The lowest BCUT2D eigenvalue weighted by Gasteiger charge is -2.34. The second kappa shape index (κ2) is 6.77. The van der Waals surface area contributed by atoms with E-state index < -0.39 is 0 Å². The van der Waals surface area contributed by atoms with Crippen molar-refractivity contribution in [3.8, 4) is 0 Å². The predicted octanol–water partition coefficient (Wildman–Crippen LogP) is 2.50. The minimum atomic E-state index is -0.279. The van der Waals surface area contributed by atoms with Crippen LogP contribution in [0.3, 0.4) is 0 Å². The van der Waals surface area contributed by atoms with Crippen LogP contribution in [0, 0.1) is 5.92 Å². The first-order chi connectivity index (χ1) is 10.6. The molecule has 2 unspecified atom stereocenters. The topological polar surface area (TPSA) is 68.5 Å². The lowest BCUT2D eigenvalue weighted by Crippen LogP contribution is -2.44. The number of piperidine rings is 1. The first kappa shape index (κ1) is 15.5. The van der Waals surface area contributed by atoms with E-state index >= 15 is 0 Å². The van der Waals surface area contributed by atoms with Crippen LogP contribution < -0.4 is 0 Å². The Labute approximate surface area is 131 Å². The number of aromatic nitrogens is 2. The van der Waals surface area contributed by atoms with Crippen LogP contribution in [0.4, 0.5) is 0 Å². The standard InChI is InChI=1S/C16H25N3O3/c1-11(2)10-14-17-15(22-18-14)12-6-3-4-8-19(12)16(20)13-7-5-9-21-13/h11-13H,3-10H2,1-2H3. The molecule has 2 atom stereocenters. The molecule has 0 spiro atoms. The number of hydrogen-bond donors (Lipinski definition) is 0. The molecular formula is C16H25N3O3. The first-order valence-electron chi connectivity index (χ1n) is 8.39. The van der Waals surface area contributed by atoms with Crippen LogP contribution in [-0.2, 0) is 16.0 Å². The van der Waals surface area contributed by atoms with E-state index in [-0.39, 0.29) is 18.1 Å². The Bertz CT molecular complexity index is 508. The maximum atomic E-state index is 12.7. The zero-order valence-electron chi connectivity index (χ0n) is 13.5. The monoisotopic (exact) mass is 307 g/mol. The first-order valence-corrected chi connectivity index (χ1v) is 8.39. The Hall–Kier alpha value is -1.43. The summed E-state index contributed by atoms with van der Waals surface area (Å²) in [6, 6.07) is -0.0844. The van der Waals surface area contributed by atoms with Crippen molar-refractivity contribution in [2.75, 3.05) is 13.2 Å². The highest BCUT2D eigenvalue weighted by atomic mass is 16.5. The molecule has 0 aromatic carbocycles. The molecule has 1 aromatic heterocycles. The van der Waals surface area contributed by atoms with E-state index in [1.165, 1.54) is 0 Å². The van der Waals surface area contributed by atoms with Crippen molar-refractivity contribution in [1.82, 2.24) is 15.0 Å². The van der Waals surface area contributed by atoms with Gasteiger partial charge in [-0.1, -0.05) is 19.0 Å².